The van der Waals surface area contributed by atoms with E-state index in [-0.39, 0.29) is 17.9 Å². The van der Waals surface area contributed by atoms with Gasteiger partial charge in [-0.05, 0) is 38.0 Å². The summed E-state index contributed by atoms with van der Waals surface area (Å²) in [4.78, 5) is 26.2. The molecule has 0 bridgehead atoms. The number of carbonyl (C=O) groups is 1. The molecule has 0 atom stereocenters. The minimum absolute atomic E-state index is 0.129. The molecule has 0 saturated heterocycles. The van der Waals surface area contributed by atoms with Crippen LogP contribution in [-0.2, 0) is 18.3 Å². The van der Waals surface area contributed by atoms with Gasteiger partial charge in [0.05, 0.1) is 32.7 Å². The normalized spacial score (nSPS) is 10.9. The number of methoxy groups -OCH3 is 3. The third-order valence-corrected chi connectivity index (χ3v) is 6.30. The lowest BCUT2D eigenvalue weighted by molar-refractivity contribution is -0.116. The molecule has 0 aliphatic carbocycles. The highest BCUT2D eigenvalue weighted by molar-refractivity contribution is 5.92. The lowest BCUT2D eigenvalue weighted by Gasteiger charge is -2.15. The minimum Gasteiger partial charge on any atom is -0.493 e. The number of ether oxygens (including phenoxy) is 3. The number of aryl methyl sites for hydroxylation is 3. The quantitative estimate of drug-likeness (QED) is 0.402. The SMILES string of the molecule is COc1cc(NC(=O)CCc2c(C)c3c(C)nn(-c4ccccc4)c3n(C)c2=O)cc(OC)c1OC. The molecule has 0 aliphatic rings. The average molecular weight is 491 g/mol. The number of anilines is 1. The van der Waals surface area contributed by atoms with E-state index in [9.17, 15) is 9.59 Å². The maximum absolute atomic E-state index is 13.3. The second-order valence-electron chi connectivity index (χ2n) is 8.46. The Kier molecular flexibility index (Phi) is 7.00. The number of hydrogen-bond donors (Lipinski definition) is 1. The molecular formula is C27H30N4O5. The third kappa shape index (κ3) is 4.39. The molecule has 4 aromatic rings. The molecule has 0 radical (unpaired) electrons. The van der Waals surface area contributed by atoms with Crippen molar-refractivity contribution in [2.75, 3.05) is 26.6 Å². The number of pyridine rings is 1. The van der Waals surface area contributed by atoms with Crippen LogP contribution in [0.2, 0.25) is 0 Å². The molecule has 2 heterocycles. The number of nitrogens with zero attached hydrogens (tertiary/aromatic N) is 3. The van der Waals surface area contributed by atoms with E-state index in [1.54, 1.807) is 28.4 Å². The molecule has 0 unspecified atom stereocenters. The summed E-state index contributed by atoms with van der Waals surface area (Å²) in [5, 5.41) is 8.48. The molecule has 1 amide bonds. The smallest absolute Gasteiger partial charge is 0.255 e. The molecule has 36 heavy (non-hydrogen) atoms. The van der Waals surface area contributed by atoms with Crippen molar-refractivity contribution in [1.82, 2.24) is 14.3 Å². The van der Waals surface area contributed by atoms with Gasteiger partial charge in [-0.25, -0.2) is 4.68 Å². The Bertz CT molecular complexity index is 1460. The van der Waals surface area contributed by atoms with Crippen molar-refractivity contribution >= 4 is 22.6 Å². The predicted molar refractivity (Wildman–Crippen MR) is 139 cm³/mol. The number of benzene rings is 2. The van der Waals surface area contributed by atoms with Crippen LogP contribution in [-0.4, -0.2) is 41.6 Å². The van der Waals surface area contributed by atoms with Gasteiger partial charge in [0.25, 0.3) is 5.56 Å². The fourth-order valence-corrected chi connectivity index (χ4v) is 4.53. The third-order valence-electron chi connectivity index (χ3n) is 6.30. The van der Waals surface area contributed by atoms with E-state index in [0.717, 1.165) is 28.0 Å². The Balaban J connectivity index is 1.62. The van der Waals surface area contributed by atoms with E-state index in [1.807, 2.05) is 44.2 Å². The van der Waals surface area contributed by atoms with Crippen molar-refractivity contribution in [1.29, 1.82) is 0 Å². The molecule has 0 aliphatic heterocycles. The molecular weight excluding hydrogens is 460 g/mol. The van der Waals surface area contributed by atoms with Crippen LogP contribution in [0, 0.1) is 13.8 Å². The summed E-state index contributed by atoms with van der Waals surface area (Å²) in [5.74, 6) is 1.08. The summed E-state index contributed by atoms with van der Waals surface area (Å²) in [6.07, 6.45) is 0.421. The maximum Gasteiger partial charge on any atom is 0.255 e. The van der Waals surface area contributed by atoms with Gasteiger partial charge in [0.2, 0.25) is 11.7 Å². The van der Waals surface area contributed by atoms with Crippen LogP contribution < -0.4 is 25.1 Å². The summed E-state index contributed by atoms with van der Waals surface area (Å²) < 4.78 is 19.4. The van der Waals surface area contributed by atoms with Gasteiger partial charge in [-0.3, -0.25) is 14.2 Å². The molecule has 9 nitrogen and oxygen atoms in total. The van der Waals surface area contributed by atoms with Gasteiger partial charge >= 0.3 is 0 Å². The molecule has 9 heteroatoms. The molecule has 2 aromatic heterocycles. The zero-order valence-corrected chi connectivity index (χ0v) is 21.3. The number of rotatable bonds is 8. The number of nitrogens with one attached hydrogen (secondary N) is 1. The van der Waals surface area contributed by atoms with E-state index in [2.05, 4.69) is 5.32 Å². The summed E-state index contributed by atoms with van der Waals surface area (Å²) in [6.45, 7) is 3.85. The summed E-state index contributed by atoms with van der Waals surface area (Å²) in [7, 11) is 6.28. The summed E-state index contributed by atoms with van der Waals surface area (Å²) >= 11 is 0. The summed E-state index contributed by atoms with van der Waals surface area (Å²) in [6, 6.07) is 13.0. The second-order valence-corrected chi connectivity index (χ2v) is 8.46. The van der Waals surface area contributed by atoms with Crippen LogP contribution in [0.3, 0.4) is 0 Å². The number of hydrogen-bond acceptors (Lipinski definition) is 6. The molecule has 1 N–H and O–H groups in total. The molecule has 4 rings (SSSR count). The van der Waals surface area contributed by atoms with E-state index in [4.69, 9.17) is 19.3 Å². The zero-order valence-electron chi connectivity index (χ0n) is 21.3. The van der Waals surface area contributed by atoms with Gasteiger partial charge in [0.1, 0.15) is 5.65 Å². The van der Waals surface area contributed by atoms with Crippen LogP contribution in [0.1, 0.15) is 23.2 Å². The van der Waals surface area contributed by atoms with Crippen LogP contribution in [0.15, 0.2) is 47.3 Å². The highest BCUT2D eigenvalue weighted by Crippen LogP contribution is 2.40. The van der Waals surface area contributed by atoms with Crippen molar-refractivity contribution in [3.05, 3.63) is 69.6 Å². The molecule has 2 aromatic carbocycles. The Labute approximate surface area is 209 Å². The van der Waals surface area contributed by atoms with Gasteiger partial charge < -0.3 is 19.5 Å². The van der Waals surface area contributed by atoms with Crippen molar-refractivity contribution in [2.45, 2.75) is 26.7 Å². The monoisotopic (exact) mass is 490 g/mol. The second kappa shape index (κ2) is 10.2. The minimum atomic E-state index is -0.234. The van der Waals surface area contributed by atoms with Crippen molar-refractivity contribution < 1.29 is 19.0 Å². The number of amides is 1. The van der Waals surface area contributed by atoms with E-state index in [0.29, 0.717) is 34.9 Å². The average Bonchev–Trinajstić information content (AvgIpc) is 3.24. The first-order valence-electron chi connectivity index (χ1n) is 11.5. The largest absolute Gasteiger partial charge is 0.493 e. The highest BCUT2D eigenvalue weighted by atomic mass is 16.5. The molecule has 0 spiro atoms. The Morgan fingerprint density at radius 1 is 1.00 bits per heavy atom. The van der Waals surface area contributed by atoms with Crippen LogP contribution in [0.25, 0.3) is 16.7 Å². The first kappa shape index (κ1) is 24.8. The van der Waals surface area contributed by atoms with E-state index in [1.165, 1.54) is 21.3 Å². The first-order valence-corrected chi connectivity index (χ1v) is 11.5. The van der Waals surface area contributed by atoms with Gasteiger partial charge in [0.15, 0.2) is 11.5 Å². The van der Waals surface area contributed by atoms with Crippen molar-refractivity contribution in [2.24, 2.45) is 7.05 Å². The van der Waals surface area contributed by atoms with Gasteiger partial charge in [0, 0.05) is 42.2 Å². The van der Waals surface area contributed by atoms with Crippen molar-refractivity contribution in [3.8, 4) is 22.9 Å². The number of para-hydroxylation sites is 1. The molecule has 0 fully saturated rings. The fourth-order valence-electron chi connectivity index (χ4n) is 4.53. The van der Waals surface area contributed by atoms with Crippen LogP contribution in [0.4, 0.5) is 5.69 Å². The Morgan fingerprint density at radius 2 is 1.64 bits per heavy atom. The van der Waals surface area contributed by atoms with Gasteiger partial charge in [-0.1, -0.05) is 18.2 Å². The van der Waals surface area contributed by atoms with E-state index >= 15 is 0 Å². The van der Waals surface area contributed by atoms with E-state index < -0.39 is 0 Å². The van der Waals surface area contributed by atoms with Gasteiger partial charge in [-0.15, -0.1) is 0 Å². The first-order chi connectivity index (χ1) is 17.3. The highest BCUT2D eigenvalue weighted by Gasteiger charge is 2.21. The van der Waals surface area contributed by atoms with Crippen LogP contribution in [0.5, 0.6) is 17.2 Å². The predicted octanol–water partition coefficient (Wildman–Crippen LogP) is 3.94. The standard InChI is InChI=1S/C27H30N4O5/c1-16-20(12-13-23(32)28-18-14-21(34-4)25(36-6)22(15-18)35-5)27(33)30(3)26-24(16)17(2)29-31(26)19-10-8-7-9-11-19/h7-11,14-15H,12-13H2,1-6H3,(H,28,32). The van der Waals surface area contributed by atoms with Crippen molar-refractivity contribution in [3.63, 3.8) is 0 Å². The summed E-state index contributed by atoms with van der Waals surface area (Å²) in [5.41, 5.74) is 4.24. The fraction of sp³-hybridized carbons (Fsp3) is 0.296. The Morgan fingerprint density at radius 3 is 2.22 bits per heavy atom. The Hall–Kier alpha value is -4.27. The van der Waals surface area contributed by atoms with Crippen LogP contribution >= 0.6 is 0 Å². The maximum atomic E-state index is 13.3. The lowest BCUT2D eigenvalue weighted by atomic mass is 10.0. The number of aromatic nitrogens is 3. The molecule has 0 saturated carbocycles. The van der Waals surface area contributed by atoms with Gasteiger partial charge in [-0.2, -0.15) is 5.10 Å². The topological polar surface area (TPSA) is 96.6 Å². The number of carbonyl (C=O) groups excluding carboxylic acids is 1. The zero-order chi connectivity index (χ0) is 26.0. The molecule has 188 valence electrons. The lowest BCUT2D eigenvalue weighted by Crippen LogP contribution is -2.25. The number of fused-ring (bicyclic) bond motifs is 1.